The molecule has 118 valence electrons. The van der Waals surface area contributed by atoms with Crippen LogP contribution < -0.4 is 10.2 Å². The molecular formula is C18H29ClN2. The van der Waals surface area contributed by atoms with Gasteiger partial charge in [0.25, 0.3) is 0 Å². The minimum Gasteiger partial charge on any atom is -0.371 e. The highest BCUT2D eigenvalue weighted by molar-refractivity contribution is 6.30. The summed E-state index contributed by atoms with van der Waals surface area (Å²) in [5.41, 5.74) is 2.65. The number of hydrogen-bond donors (Lipinski definition) is 1. The first-order chi connectivity index (χ1) is 10.1. The van der Waals surface area contributed by atoms with Crippen molar-refractivity contribution in [3.63, 3.8) is 0 Å². The summed E-state index contributed by atoms with van der Waals surface area (Å²) in [7, 11) is 2.23. The van der Waals surface area contributed by atoms with Crippen LogP contribution in [0.3, 0.4) is 0 Å². The molecule has 3 heteroatoms. The lowest BCUT2D eigenvalue weighted by atomic mass is 9.86. The molecule has 0 spiro atoms. The highest BCUT2D eigenvalue weighted by atomic mass is 35.5. The van der Waals surface area contributed by atoms with Gasteiger partial charge in [0.1, 0.15) is 0 Å². The maximum absolute atomic E-state index is 6.24. The molecular weight excluding hydrogens is 280 g/mol. The second-order valence-electron chi connectivity index (χ2n) is 6.47. The predicted octanol–water partition coefficient (Wildman–Crippen LogP) is 4.85. The summed E-state index contributed by atoms with van der Waals surface area (Å²) in [5, 5.41) is 4.34. The molecule has 1 fully saturated rings. The molecule has 0 aliphatic heterocycles. The fourth-order valence-corrected chi connectivity index (χ4v) is 3.41. The number of nitrogens with one attached hydrogen (secondary N) is 1. The Kier molecular flexibility index (Phi) is 6.38. The zero-order chi connectivity index (χ0) is 15.2. The van der Waals surface area contributed by atoms with Crippen molar-refractivity contribution in [1.29, 1.82) is 0 Å². The Morgan fingerprint density at radius 2 is 1.95 bits per heavy atom. The Balaban J connectivity index is 2.10. The third-order valence-electron chi connectivity index (χ3n) is 4.70. The van der Waals surface area contributed by atoms with Gasteiger partial charge in [-0.05, 0) is 62.3 Å². The molecule has 1 aliphatic rings. The van der Waals surface area contributed by atoms with Crippen molar-refractivity contribution in [3.8, 4) is 0 Å². The van der Waals surface area contributed by atoms with Crippen molar-refractivity contribution in [2.75, 3.05) is 18.5 Å². The molecule has 1 aromatic rings. The monoisotopic (exact) mass is 308 g/mol. The van der Waals surface area contributed by atoms with E-state index in [1.54, 1.807) is 0 Å². The molecule has 1 saturated carbocycles. The van der Waals surface area contributed by atoms with Crippen LogP contribution in [0.5, 0.6) is 0 Å². The van der Waals surface area contributed by atoms with E-state index in [1.807, 2.05) is 6.07 Å². The van der Waals surface area contributed by atoms with Gasteiger partial charge in [-0.2, -0.15) is 0 Å². The molecule has 2 rings (SSSR count). The van der Waals surface area contributed by atoms with Gasteiger partial charge in [-0.15, -0.1) is 0 Å². The van der Waals surface area contributed by atoms with Gasteiger partial charge >= 0.3 is 0 Å². The van der Waals surface area contributed by atoms with Crippen LogP contribution in [0.25, 0.3) is 0 Å². The second kappa shape index (κ2) is 8.05. The number of anilines is 1. The van der Waals surface area contributed by atoms with Crippen molar-refractivity contribution in [3.05, 3.63) is 28.8 Å². The fourth-order valence-electron chi connectivity index (χ4n) is 3.24. The second-order valence-corrected chi connectivity index (χ2v) is 6.91. The van der Waals surface area contributed by atoms with Crippen LogP contribution in [-0.4, -0.2) is 19.6 Å². The van der Waals surface area contributed by atoms with Gasteiger partial charge in [0.05, 0.1) is 0 Å². The average Bonchev–Trinajstić information content (AvgIpc) is 2.49. The minimum atomic E-state index is 0.657. The third kappa shape index (κ3) is 4.62. The number of hydrogen-bond acceptors (Lipinski definition) is 2. The lowest BCUT2D eigenvalue weighted by Crippen LogP contribution is -2.35. The fraction of sp³-hybridized carbons (Fsp3) is 0.667. The van der Waals surface area contributed by atoms with E-state index in [9.17, 15) is 0 Å². The van der Waals surface area contributed by atoms with Crippen LogP contribution >= 0.6 is 11.6 Å². The van der Waals surface area contributed by atoms with Gasteiger partial charge in [0.15, 0.2) is 0 Å². The number of benzene rings is 1. The molecule has 1 N–H and O–H groups in total. The summed E-state index contributed by atoms with van der Waals surface area (Å²) in [6.07, 6.45) is 6.45. The zero-order valence-electron chi connectivity index (χ0n) is 13.7. The van der Waals surface area contributed by atoms with Crippen LogP contribution in [0.4, 0.5) is 5.69 Å². The molecule has 0 saturated heterocycles. The first-order valence-corrected chi connectivity index (χ1v) is 8.71. The molecule has 2 nitrogen and oxygen atoms in total. The van der Waals surface area contributed by atoms with E-state index in [2.05, 4.69) is 43.2 Å². The normalized spacial score (nSPS) is 22.3. The molecule has 0 atom stereocenters. The largest absolute Gasteiger partial charge is 0.371 e. The Bertz CT molecular complexity index is 439. The Hall–Kier alpha value is -0.730. The van der Waals surface area contributed by atoms with Crippen LogP contribution in [0.1, 0.15) is 51.5 Å². The molecule has 1 aromatic carbocycles. The summed E-state index contributed by atoms with van der Waals surface area (Å²) < 4.78 is 0. The third-order valence-corrected chi connectivity index (χ3v) is 4.94. The van der Waals surface area contributed by atoms with E-state index >= 15 is 0 Å². The SMILES string of the molecule is CCCNCc1ccc(Cl)cc1N(C)C1CCC(C)CC1. The van der Waals surface area contributed by atoms with Gasteiger partial charge in [0.2, 0.25) is 0 Å². The van der Waals surface area contributed by atoms with E-state index in [-0.39, 0.29) is 0 Å². The first kappa shape index (κ1) is 16.6. The van der Waals surface area contributed by atoms with Crippen molar-refractivity contribution in [1.82, 2.24) is 5.32 Å². The van der Waals surface area contributed by atoms with E-state index in [0.717, 1.165) is 24.0 Å². The highest BCUT2D eigenvalue weighted by Crippen LogP contribution is 2.32. The molecule has 21 heavy (non-hydrogen) atoms. The Labute approximate surface area is 134 Å². The van der Waals surface area contributed by atoms with Crippen LogP contribution in [-0.2, 0) is 6.54 Å². The summed E-state index contributed by atoms with van der Waals surface area (Å²) >= 11 is 6.24. The predicted molar refractivity (Wildman–Crippen MR) is 93.3 cm³/mol. The lowest BCUT2D eigenvalue weighted by Gasteiger charge is -2.36. The van der Waals surface area contributed by atoms with E-state index < -0.39 is 0 Å². The van der Waals surface area contributed by atoms with Crippen molar-refractivity contribution in [2.45, 2.75) is 58.5 Å². The van der Waals surface area contributed by atoms with E-state index in [1.165, 1.54) is 43.4 Å². The van der Waals surface area contributed by atoms with Gasteiger partial charge in [-0.25, -0.2) is 0 Å². The molecule has 0 bridgehead atoms. The highest BCUT2D eigenvalue weighted by Gasteiger charge is 2.23. The summed E-state index contributed by atoms with van der Waals surface area (Å²) in [5.74, 6) is 0.889. The lowest BCUT2D eigenvalue weighted by molar-refractivity contribution is 0.340. The van der Waals surface area contributed by atoms with E-state index in [4.69, 9.17) is 11.6 Å². The maximum atomic E-state index is 6.24. The summed E-state index contributed by atoms with van der Waals surface area (Å²) in [6, 6.07) is 6.96. The van der Waals surface area contributed by atoms with Crippen molar-refractivity contribution >= 4 is 17.3 Å². The standard InChI is InChI=1S/C18H29ClN2/c1-4-11-20-13-15-7-8-16(19)12-18(15)21(3)17-9-5-14(2)6-10-17/h7-8,12,14,17,20H,4-6,9-11,13H2,1-3H3. The average molecular weight is 309 g/mol. The summed E-state index contributed by atoms with van der Waals surface area (Å²) in [4.78, 5) is 2.46. The zero-order valence-corrected chi connectivity index (χ0v) is 14.4. The molecule has 0 amide bonds. The van der Waals surface area contributed by atoms with Gasteiger partial charge in [-0.1, -0.05) is 31.5 Å². The maximum Gasteiger partial charge on any atom is 0.0426 e. The molecule has 0 aromatic heterocycles. The van der Waals surface area contributed by atoms with Crippen molar-refractivity contribution < 1.29 is 0 Å². The number of halogens is 1. The summed E-state index contributed by atoms with van der Waals surface area (Å²) in [6.45, 7) is 6.56. The first-order valence-electron chi connectivity index (χ1n) is 8.33. The Morgan fingerprint density at radius 3 is 2.62 bits per heavy atom. The van der Waals surface area contributed by atoms with Gasteiger partial charge in [-0.3, -0.25) is 0 Å². The molecule has 0 unspecified atom stereocenters. The minimum absolute atomic E-state index is 0.657. The number of nitrogens with zero attached hydrogens (tertiary/aromatic N) is 1. The van der Waals surface area contributed by atoms with Gasteiger partial charge < -0.3 is 10.2 Å². The number of rotatable bonds is 6. The molecule has 1 aliphatic carbocycles. The van der Waals surface area contributed by atoms with Crippen molar-refractivity contribution in [2.24, 2.45) is 5.92 Å². The van der Waals surface area contributed by atoms with Gasteiger partial charge in [0, 0.05) is 30.3 Å². The van der Waals surface area contributed by atoms with Crippen LogP contribution in [0.2, 0.25) is 5.02 Å². The molecule has 0 radical (unpaired) electrons. The van der Waals surface area contributed by atoms with Crippen LogP contribution in [0, 0.1) is 5.92 Å². The Morgan fingerprint density at radius 1 is 1.24 bits per heavy atom. The van der Waals surface area contributed by atoms with Crippen LogP contribution in [0.15, 0.2) is 18.2 Å². The smallest absolute Gasteiger partial charge is 0.0426 e. The quantitative estimate of drug-likeness (QED) is 0.755. The van der Waals surface area contributed by atoms with E-state index in [0.29, 0.717) is 6.04 Å². The molecule has 0 heterocycles. The topological polar surface area (TPSA) is 15.3 Å².